The predicted octanol–water partition coefficient (Wildman–Crippen LogP) is 6.03. The fourth-order valence-electron chi connectivity index (χ4n) is 2.99. The number of anilines is 1. The van der Waals surface area contributed by atoms with E-state index >= 15 is 0 Å². The van der Waals surface area contributed by atoms with E-state index in [4.69, 9.17) is 26.8 Å². The molecule has 5 nitrogen and oxygen atoms in total. The van der Waals surface area contributed by atoms with Gasteiger partial charge in [-0.25, -0.2) is 9.59 Å². The van der Waals surface area contributed by atoms with Crippen LogP contribution in [0.2, 0.25) is 5.02 Å². The number of benzene rings is 4. The molecule has 0 fully saturated rings. The van der Waals surface area contributed by atoms with Crippen LogP contribution in [0.25, 0.3) is 11.1 Å². The molecule has 0 spiro atoms. The molecule has 4 aromatic carbocycles. The SMILES string of the molecule is Nc1ccc(OC(=O)c2ccc(-c3ccc(C(=O)Oc4ccccc4Cl)cc3)cc2)cc1. The molecule has 0 unspecified atom stereocenters. The van der Waals surface area contributed by atoms with Crippen LogP contribution in [0.3, 0.4) is 0 Å². The van der Waals surface area contributed by atoms with Gasteiger partial charge in [-0.1, -0.05) is 48.0 Å². The lowest BCUT2D eigenvalue weighted by molar-refractivity contribution is 0.0725. The van der Waals surface area contributed by atoms with Gasteiger partial charge in [0.2, 0.25) is 0 Å². The summed E-state index contributed by atoms with van der Waals surface area (Å²) in [6, 6.07) is 27.4. The van der Waals surface area contributed by atoms with E-state index in [-0.39, 0.29) is 0 Å². The minimum absolute atomic E-state index is 0.310. The third kappa shape index (κ3) is 4.96. The highest BCUT2D eigenvalue weighted by Crippen LogP contribution is 2.25. The normalized spacial score (nSPS) is 10.4. The van der Waals surface area contributed by atoms with E-state index in [2.05, 4.69) is 0 Å². The van der Waals surface area contributed by atoms with Gasteiger partial charge in [0.05, 0.1) is 16.1 Å². The maximum atomic E-state index is 12.4. The van der Waals surface area contributed by atoms with Gasteiger partial charge in [-0.2, -0.15) is 0 Å². The second kappa shape index (κ2) is 9.37. The predicted molar refractivity (Wildman–Crippen MR) is 124 cm³/mol. The summed E-state index contributed by atoms with van der Waals surface area (Å²) in [5.41, 5.74) is 8.83. The quantitative estimate of drug-likeness (QED) is 0.231. The third-order valence-electron chi connectivity index (χ3n) is 4.70. The van der Waals surface area contributed by atoms with Crippen molar-refractivity contribution in [1.29, 1.82) is 0 Å². The van der Waals surface area contributed by atoms with Crippen LogP contribution < -0.4 is 15.2 Å². The summed E-state index contributed by atoms with van der Waals surface area (Å²) in [4.78, 5) is 24.7. The van der Waals surface area contributed by atoms with Gasteiger partial charge in [0, 0.05) is 5.69 Å². The molecule has 6 heteroatoms. The van der Waals surface area contributed by atoms with Crippen molar-refractivity contribution in [2.75, 3.05) is 5.73 Å². The van der Waals surface area contributed by atoms with Gasteiger partial charge in [-0.15, -0.1) is 0 Å². The fourth-order valence-corrected chi connectivity index (χ4v) is 3.16. The van der Waals surface area contributed by atoms with Crippen LogP contribution >= 0.6 is 11.6 Å². The minimum Gasteiger partial charge on any atom is -0.423 e. The molecular weight excluding hydrogens is 426 g/mol. The Kier molecular flexibility index (Phi) is 6.19. The maximum absolute atomic E-state index is 12.4. The molecule has 0 aliphatic rings. The first-order valence-corrected chi connectivity index (χ1v) is 10.1. The van der Waals surface area contributed by atoms with Crippen LogP contribution in [-0.2, 0) is 0 Å². The Morgan fingerprint density at radius 3 is 1.66 bits per heavy atom. The van der Waals surface area contributed by atoms with E-state index in [0.29, 0.717) is 33.3 Å². The van der Waals surface area contributed by atoms with Gasteiger partial charge in [0.25, 0.3) is 0 Å². The zero-order valence-corrected chi connectivity index (χ0v) is 17.6. The molecule has 0 aromatic heterocycles. The Balaban J connectivity index is 1.42. The van der Waals surface area contributed by atoms with Crippen molar-refractivity contribution in [3.05, 3.63) is 113 Å². The Bertz CT molecular complexity index is 1250. The topological polar surface area (TPSA) is 78.6 Å². The van der Waals surface area contributed by atoms with E-state index in [0.717, 1.165) is 11.1 Å². The molecule has 4 aromatic rings. The maximum Gasteiger partial charge on any atom is 0.343 e. The number of nitrogens with two attached hydrogens (primary N) is 1. The zero-order valence-electron chi connectivity index (χ0n) is 16.8. The van der Waals surface area contributed by atoms with Crippen LogP contribution in [-0.4, -0.2) is 11.9 Å². The summed E-state index contributed by atoms with van der Waals surface area (Å²) >= 11 is 6.03. The molecular formula is C26H18ClNO4. The fraction of sp³-hybridized carbons (Fsp3) is 0. The standard InChI is InChI=1S/C26H18ClNO4/c27-23-3-1-2-4-24(23)32-26(30)20-11-7-18(8-12-20)17-5-9-19(10-6-17)25(29)31-22-15-13-21(28)14-16-22/h1-16H,28H2. The summed E-state index contributed by atoms with van der Waals surface area (Å²) in [5.74, 6) is -0.221. The molecule has 0 bridgehead atoms. The Morgan fingerprint density at radius 2 is 1.12 bits per heavy atom. The molecule has 2 N–H and O–H groups in total. The van der Waals surface area contributed by atoms with Crippen LogP contribution in [0.4, 0.5) is 5.69 Å². The van der Waals surface area contributed by atoms with Crippen LogP contribution in [0, 0.1) is 0 Å². The van der Waals surface area contributed by atoms with Crippen molar-refractivity contribution in [1.82, 2.24) is 0 Å². The molecule has 0 aliphatic heterocycles. The van der Waals surface area contributed by atoms with E-state index in [1.54, 1.807) is 72.8 Å². The summed E-state index contributed by atoms with van der Waals surface area (Å²) in [6.45, 7) is 0. The third-order valence-corrected chi connectivity index (χ3v) is 5.02. The van der Waals surface area contributed by atoms with Gasteiger partial charge in [-0.05, 0) is 71.8 Å². The van der Waals surface area contributed by atoms with Crippen LogP contribution in [0.1, 0.15) is 20.7 Å². The monoisotopic (exact) mass is 443 g/mol. The second-order valence-electron chi connectivity index (χ2n) is 6.93. The first kappa shape index (κ1) is 21.2. The Labute approximate surface area is 190 Å². The first-order chi connectivity index (χ1) is 15.5. The summed E-state index contributed by atoms with van der Waals surface area (Å²) in [7, 11) is 0. The van der Waals surface area contributed by atoms with Crippen molar-refractivity contribution in [2.24, 2.45) is 0 Å². The number of halogens is 1. The summed E-state index contributed by atoms with van der Waals surface area (Å²) < 4.78 is 10.7. The lowest BCUT2D eigenvalue weighted by atomic mass is 10.0. The van der Waals surface area contributed by atoms with Crippen LogP contribution in [0.5, 0.6) is 11.5 Å². The number of rotatable bonds is 5. The number of hydrogen-bond acceptors (Lipinski definition) is 5. The number of carbonyl (C=O) groups excluding carboxylic acids is 2. The molecule has 0 amide bonds. The average Bonchev–Trinajstić information content (AvgIpc) is 2.82. The van der Waals surface area contributed by atoms with Crippen molar-refractivity contribution < 1.29 is 19.1 Å². The van der Waals surface area contributed by atoms with Gasteiger partial charge < -0.3 is 15.2 Å². The highest BCUT2D eigenvalue weighted by molar-refractivity contribution is 6.32. The first-order valence-electron chi connectivity index (χ1n) is 9.74. The number of nitrogen functional groups attached to an aromatic ring is 1. The molecule has 158 valence electrons. The highest BCUT2D eigenvalue weighted by atomic mass is 35.5. The van der Waals surface area contributed by atoms with E-state index in [1.807, 2.05) is 24.3 Å². The Morgan fingerprint density at radius 1 is 0.625 bits per heavy atom. The molecule has 4 rings (SSSR count). The van der Waals surface area contributed by atoms with E-state index in [9.17, 15) is 9.59 Å². The van der Waals surface area contributed by atoms with Crippen molar-refractivity contribution in [3.63, 3.8) is 0 Å². The molecule has 0 atom stereocenters. The molecule has 0 heterocycles. The van der Waals surface area contributed by atoms with Crippen molar-refractivity contribution in [2.45, 2.75) is 0 Å². The van der Waals surface area contributed by atoms with E-state index < -0.39 is 11.9 Å². The van der Waals surface area contributed by atoms with E-state index in [1.165, 1.54) is 0 Å². The lowest BCUT2D eigenvalue weighted by Crippen LogP contribution is -2.08. The van der Waals surface area contributed by atoms with Gasteiger partial charge in [-0.3, -0.25) is 0 Å². The number of para-hydroxylation sites is 1. The van der Waals surface area contributed by atoms with Gasteiger partial charge >= 0.3 is 11.9 Å². The number of esters is 2. The zero-order chi connectivity index (χ0) is 22.5. The molecule has 32 heavy (non-hydrogen) atoms. The van der Waals surface area contributed by atoms with Crippen LogP contribution in [0.15, 0.2) is 97.1 Å². The van der Waals surface area contributed by atoms with Crippen molar-refractivity contribution in [3.8, 4) is 22.6 Å². The second-order valence-corrected chi connectivity index (χ2v) is 7.34. The molecule has 0 aliphatic carbocycles. The smallest absolute Gasteiger partial charge is 0.343 e. The summed E-state index contributed by atoms with van der Waals surface area (Å²) in [6.07, 6.45) is 0. The minimum atomic E-state index is -0.495. The number of hydrogen-bond donors (Lipinski definition) is 1. The average molecular weight is 444 g/mol. The Hall–Kier alpha value is -4.09. The molecule has 0 saturated carbocycles. The molecule has 0 radical (unpaired) electrons. The van der Waals surface area contributed by atoms with Crippen molar-refractivity contribution >= 4 is 29.2 Å². The largest absolute Gasteiger partial charge is 0.423 e. The number of carbonyl (C=O) groups is 2. The highest BCUT2D eigenvalue weighted by Gasteiger charge is 2.12. The van der Waals surface area contributed by atoms with Gasteiger partial charge in [0.1, 0.15) is 11.5 Å². The lowest BCUT2D eigenvalue weighted by Gasteiger charge is -2.08. The summed E-state index contributed by atoms with van der Waals surface area (Å²) in [5, 5.41) is 0.368. The molecule has 0 saturated heterocycles. The number of ether oxygens (including phenoxy) is 2. The van der Waals surface area contributed by atoms with Gasteiger partial charge in [0.15, 0.2) is 0 Å².